The van der Waals surface area contributed by atoms with Gasteiger partial charge in [-0.3, -0.25) is 9.59 Å². The quantitative estimate of drug-likeness (QED) is 0.878. The van der Waals surface area contributed by atoms with Gasteiger partial charge in [0.25, 0.3) is 5.91 Å². The number of likely N-dealkylation sites (tertiary alicyclic amines) is 1. The topological polar surface area (TPSA) is 61.4 Å². The van der Waals surface area contributed by atoms with Crippen molar-refractivity contribution >= 4 is 17.5 Å². The number of nitrogens with one attached hydrogen (secondary N) is 2. The second kappa shape index (κ2) is 6.11. The highest BCUT2D eigenvalue weighted by atomic mass is 16.2. The van der Waals surface area contributed by atoms with Gasteiger partial charge in [0.15, 0.2) is 0 Å². The molecule has 2 fully saturated rings. The number of amides is 2. The largest absolute Gasteiger partial charge is 0.362 e. The van der Waals surface area contributed by atoms with E-state index in [4.69, 9.17) is 0 Å². The number of hydrogen-bond donors (Lipinski definition) is 2. The van der Waals surface area contributed by atoms with Crippen LogP contribution in [0.3, 0.4) is 0 Å². The highest BCUT2D eigenvalue weighted by molar-refractivity contribution is 6.02. The number of fused-ring (bicyclic) bond motifs is 1. The third-order valence-corrected chi connectivity index (χ3v) is 5.81. The third kappa shape index (κ3) is 2.87. The minimum atomic E-state index is -0.407. The Balaban J connectivity index is 1.39. The third-order valence-electron chi connectivity index (χ3n) is 5.81. The Morgan fingerprint density at radius 1 is 1.12 bits per heavy atom. The Kier molecular flexibility index (Phi) is 3.94. The smallest absolute Gasteiger partial charge is 0.255 e. The molecule has 0 bridgehead atoms. The summed E-state index contributed by atoms with van der Waals surface area (Å²) in [5.74, 6) is 0.863. The van der Waals surface area contributed by atoms with Crippen molar-refractivity contribution in [2.75, 3.05) is 18.4 Å². The maximum Gasteiger partial charge on any atom is 0.255 e. The lowest BCUT2D eigenvalue weighted by Gasteiger charge is -2.46. The summed E-state index contributed by atoms with van der Waals surface area (Å²) in [6, 6.07) is 7.61. The van der Waals surface area contributed by atoms with Crippen LogP contribution >= 0.6 is 0 Å². The Hall–Kier alpha value is -2.04. The molecule has 128 valence electrons. The van der Waals surface area contributed by atoms with Gasteiger partial charge in [0.1, 0.15) is 5.66 Å². The normalized spacial score (nSPS) is 22.8. The first-order chi connectivity index (χ1) is 11.7. The van der Waals surface area contributed by atoms with E-state index in [0.29, 0.717) is 36.9 Å². The maximum absolute atomic E-state index is 12.5. The molecule has 0 aromatic heterocycles. The zero-order valence-electron chi connectivity index (χ0n) is 14.0. The fraction of sp³-hybridized carbons (Fsp3) is 0.579. The molecular weight excluding hydrogens is 302 g/mol. The van der Waals surface area contributed by atoms with Crippen LogP contribution in [0.2, 0.25) is 0 Å². The van der Waals surface area contributed by atoms with Gasteiger partial charge in [-0.25, -0.2) is 0 Å². The van der Waals surface area contributed by atoms with E-state index in [-0.39, 0.29) is 5.91 Å². The Bertz CT molecular complexity index is 644. The summed E-state index contributed by atoms with van der Waals surface area (Å²) in [6.45, 7) is 1.42. The summed E-state index contributed by atoms with van der Waals surface area (Å²) >= 11 is 0. The van der Waals surface area contributed by atoms with Crippen molar-refractivity contribution in [3.8, 4) is 0 Å². The SMILES string of the molecule is O=C1NC2(CCN(C(=O)CC3CCCC3)CC2)Nc2ccccc21. The zero-order valence-corrected chi connectivity index (χ0v) is 14.0. The van der Waals surface area contributed by atoms with Crippen LogP contribution in [0.15, 0.2) is 24.3 Å². The fourth-order valence-electron chi connectivity index (χ4n) is 4.34. The molecule has 3 aliphatic rings. The Morgan fingerprint density at radius 3 is 2.58 bits per heavy atom. The van der Waals surface area contributed by atoms with E-state index < -0.39 is 5.66 Å². The number of benzene rings is 1. The van der Waals surface area contributed by atoms with E-state index in [9.17, 15) is 9.59 Å². The molecule has 2 heterocycles. The van der Waals surface area contributed by atoms with E-state index in [1.807, 2.05) is 29.2 Å². The molecule has 1 aliphatic carbocycles. The van der Waals surface area contributed by atoms with E-state index in [0.717, 1.165) is 18.5 Å². The predicted octanol–water partition coefficient (Wildman–Crippen LogP) is 2.74. The van der Waals surface area contributed by atoms with Gasteiger partial charge in [0.05, 0.1) is 5.56 Å². The van der Waals surface area contributed by atoms with Crippen LogP contribution in [0.25, 0.3) is 0 Å². The van der Waals surface area contributed by atoms with E-state index in [1.54, 1.807) is 0 Å². The van der Waals surface area contributed by atoms with Crippen molar-refractivity contribution in [2.45, 2.75) is 50.6 Å². The van der Waals surface area contributed by atoms with Gasteiger partial charge in [-0.2, -0.15) is 0 Å². The number of anilines is 1. The van der Waals surface area contributed by atoms with E-state index >= 15 is 0 Å². The standard InChI is InChI=1S/C19H25N3O2/c23-17(13-14-5-1-2-6-14)22-11-9-19(10-12-22)20-16-8-4-3-7-15(16)18(24)21-19/h3-4,7-8,14,20H,1-2,5-6,9-13H2,(H,21,24). The average molecular weight is 327 g/mol. The fourth-order valence-corrected chi connectivity index (χ4v) is 4.34. The van der Waals surface area contributed by atoms with Crippen molar-refractivity contribution in [2.24, 2.45) is 5.92 Å². The van der Waals surface area contributed by atoms with Gasteiger partial charge in [0.2, 0.25) is 5.91 Å². The van der Waals surface area contributed by atoms with Gasteiger partial charge in [-0.15, -0.1) is 0 Å². The lowest BCUT2D eigenvalue weighted by molar-refractivity contribution is -0.133. The number of hydrogen-bond acceptors (Lipinski definition) is 3. The van der Waals surface area contributed by atoms with Gasteiger partial charge >= 0.3 is 0 Å². The molecule has 1 spiro atoms. The zero-order chi connectivity index (χ0) is 16.6. The van der Waals surface area contributed by atoms with Crippen molar-refractivity contribution < 1.29 is 9.59 Å². The molecule has 1 saturated heterocycles. The Labute approximate surface area is 142 Å². The monoisotopic (exact) mass is 327 g/mol. The predicted molar refractivity (Wildman–Crippen MR) is 92.7 cm³/mol. The molecule has 2 amide bonds. The molecular formula is C19H25N3O2. The first kappa shape index (κ1) is 15.5. The molecule has 0 radical (unpaired) electrons. The van der Waals surface area contributed by atoms with Crippen molar-refractivity contribution in [1.29, 1.82) is 0 Å². The lowest BCUT2D eigenvalue weighted by Crippen LogP contribution is -2.62. The van der Waals surface area contributed by atoms with Crippen LogP contribution < -0.4 is 10.6 Å². The Morgan fingerprint density at radius 2 is 1.83 bits per heavy atom. The van der Waals surface area contributed by atoms with Crippen LogP contribution in [0.4, 0.5) is 5.69 Å². The van der Waals surface area contributed by atoms with E-state index in [2.05, 4.69) is 10.6 Å². The second-order valence-electron chi connectivity index (χ2n) is 7.44. The first-order valence-electron chi connectivity index (χ1n) is 9.13. The van der Waals surface area contributed by atoms with Crippen LogP contribution in [0.1, 0.15) is 55.3 Å². The molecule has 4 rings (SSSR count). The van der Waals surface area contributed by atoms with Crippen molar-refractivity contribution in [3.05, 3.63) is 29.8 Å². The first-order valence-corrected chi connectivity index (χ1v) is 9.13. The molecule has 2 N–H and O–H groups in total. The van der Waals surface area contributed by atoms with Crippen molar-refractivity contribution in [3.63, 3.8) is 0 Å². The summed E-state index contributed by atoms with van der Waals surface area (Å²) in [5, 5.41) is 6.64. The summed E-state index contributed by atoms with van der Waals surface area (Å²) in [4.78, 5) is 26.9. The molecule has 1 aromatic rings. The van der Waals surface area contributed by atoms with Gasteiger partial charge in [0, 0.05) is 38.0 Å². The molecule has 0 atom stereocenters. The van der Waals surface area contributed by atoms with Gasteiger partial charge in [-0.1, -0.05) is 25.0 Å². The van der Waals surface area contributed by atoms with Crippen LogP contribution in [-0.2, 0) is 4.79 Å². The van der Waals surface area contributed by atoms with E-state index in [1.165, 1.54) is 25.7 Å². The van der Waals surface area contributed by atoms with Crippen molar-refractivity contribution in [1.82, 2.24) is 10.2 Å². The number of rotatable bonds is 2. The highest BCUT2D eigenvalue weighted by Gasteiger charge is 2.41. The molecule has 24 heavy (non-hydrogen) atoms. The number of piperidine rings is 1. The molecule has 1 aromatic carbocycles. The summed E-state index contributed by atoms with van der Waals surface area (Å²) in [7, 11) is 0. The lowest BCUT2D eigenvalue weighted by atomic mass is 9.92. The number of carbonyl (C=O) groups excluding carboxylic acids is 2. The number of nitrogens with zero attached hydrogens (tertiary/aromatic N) is 1. The molecule has 5 nitrogen and oxygen atoms in total. The minimum absolute atomic E-state index is 0.0184. The maximum atomic E-state index is 12.5. The number of para-hydroxylation sites is 1. The average Bonchev–Trinajstić information content (AvgIpc) is 3.08. The molecule has 0 unspecified atom stereocenters. The molecule has 2 aliphatic heterocycles. The van der Waals surface area contributed by atoms with Crippen LogP contribution in [-0.4, -0.2) is 35.5 Å². The van der Waals surface area contributed by atoms with Crippen LogP contribution in [0.5, 0.6) is 0 Å². The van der Waals surface area contributed by atoms with Crippen LogP contribution in [0, 0.1) is 5.92 Å². The van der Waals surface area contributed by atoms with Gasteiger partial charge in [-0.05, 0) is 30.9 Å². The highest BCUT2D eigenvalue weighted by Crippen LogP contribution is 2.32. The minimum Gasteiger partial charge on any atom is -0.362 e. The number of carbonyl (C=O) groups is 2. The second-order valence-corrected chi connectivity index (χ2v) is 7.44. The molecule has 1 saturated carbocycles. The molecule has 5 heteroatoms. The summed E-state index contributed by atoms with van der Waals surface area (Å²) in [6.07, 6.45) is 7.17. The summed E-state index contributed by atoms with van der Waals surface area (Å²) in [5.41, 5.74) is 1.19. The summed E-state index contributed by atoms with van der Waals surface area (Å²) < 4.78 is 0. The van der Waals surface area contributed by atoms with Gasteiger partial charge < -0.3 is 15.5 Å².